The number of nitrogens with zero attached hydrogens (tertiary/aromatic N) is 10. The Bertz CT molecular complexity index is 2090. The summed E-state index contributed by atoms with van der Waals surface area (Å²) in [5.74, 6) is 1.53. The van der Waals surface area contributed by atoms with Gasteiger partial charge in [0.05, 0.1) is 6.04 Å². The van der Waals surface area contributed by atoms with Crippen molar-refractivity contribution in [3.05, 3.63) is 65.8 Å². The summed E-state index contributed by atoms with van der Waals surface area (Å²) in [5.41, 5.74) is 12.6. The molecule has 4 heterocycles. The summed E-state index contributed by atoms with van der Waals surface area (Å²) in [6, 6.07) is 0.753. The summed E-state index contributed by atoms with van der Waals surface area (Å²) in [7, 11) is 8.94. The van der Waals surface area contributed by atoms with Crippen molar-refractivity contribution in [2.24, 2.45) is 5.11 Å². The lowest BCUT2D eigenvalue weighted by atomic mass is 10.1. The van der Waals surface area contributed by atoms with Crippen LogP contribution in [0.25, 0.3) is 10.4 Å². The van der Waals surface area contributed by atoms with Gasteiger partial charge in [-0.15, -0.1) is 11.8 Å². The molecule has 0 bridgehead atoms. The zero-order valence-corrected chi connectivity index (χ0v) is 37.1. The van der Waals surface area contributed by atoms with E-state index in [2.05, 4.69) is 20.0 Å². The Morgan fingerprint density at radius 3 is 1.98 bits per heavy atom. The quantitative estimate of drug-likeness (QED) is 0.0478. The molecule has 3 N–H and O–H groups in total. The topological polar surface area (TPSA) is 301 Å². The van der Waals surface area contributed by atoms with E-state index in [4.69, 9.17) is 39.7 Å². The van der Waals surface area contributed by atoms with E-state index in [0.29, 0.717) is 17.3 Å². The highest BCUT2D eigenvalue weighted by Gasteiger charge is 2.37. The molecule has 2 aliphatic heterocycles. The zero-order chi connectivity index (χ0) is 45.3. The number of hydrogen-bond donors (Lipinski definition) is 2. The summed E-state index contributed by atoms with van der Waals surface area (Å²) >= 11 is 1.39. The number of ether oxygens (including phenoxy) is 6. The van der Waals surface area contributed by atoms with Crippen LogP contribution in [0.2, 0.25) is 0 Å². The average molecular weight is 931 g/mol. The first-order valence-corrected chi connectivity index (χ1v) is 22.5. The van der Waals surface area contributed by atoms with Crippen molar-refractivity contribution in [3.63, 3.8) is 0 Å². The number of amides is 4. The van der Waals surface area contributed by atoms with Crippen molar-refractivity contribution in [2.75, 3.05) is 104 Å². The number of aromatic amines is 1. The fourth-order valence-electron chi connectivity index (χ4n) is 5.49. The Hall–Kier alpha value is -5.28. The van der Waals surface area contributed by atoms with Crippen LogP contribution in [0.15, 0.2) is 38.0 Å². The van der Waals surface area contributed by atoms with Gasteiger partial charge in [-0.3, -0.25) is 18.9 Å². The molecule has 0 aromatic carbocycles. The van der Waals surface area contributed by atoms with Crippen LogP contribution in [0.5, 0.6) is 0 Å². The molecule has 5 atom stereocenters. The molecule has 342 valence electrons. The number of nitrogens with one attached hydrogen (secondary N) is 1. The number of likely N-dealkylation sites (N-methyl/N-ethyl adjacent to an activating group) is 4. The third kappa shape index (κ3) is 15.0. The maximum Gasteiger partial charge on any atom is 0.409 e. The molecule has 0 saturated carbocycles. The van der Waals surface area contributed by atoms with Crippen LogP contribution < -0.4 is 22.7 Å². The number of H-pyrrole nitrogens is 1. The third-order valence-electron chi connectivity index (χ3n) is 9.13. The smallest absolute Gasteiger partial charge is 0.409 e. The molecule has 2 fully saturated rings. The Balaban J connectivity index is 1.00. The second-order valence-corrected chi connectivity index (χ2v) is 17.6. The van der Waals surface area contributed by atoms with Gasteiger partial charge in [0.15, 0.2) is 0 Å². The Kier molecular flexibility index (Phi) is 19.4. The molecule has 4 amide bonds. The van der Waals surface area contributed by atoms with Crippen LogP contribution in [0.4, 0.5) is 25.0 Å². The van der Waals surface area contributed by atoms with E-state index in [-0.39, 0.29) is 70.4 Å². The van der Waals surface area contributed by atoms with Gasteiger partial charge >= 0.3 is 35.8 Å². The second-order valence-electron chi connectivity index (χ2n) is 13.7. The van der Waals surface area contributed by atoms with Gasteiger partial charge in [-0.2, -0.15) is 4.98 Å². The van der Waals surface area contributed by atoms with Crippen LogP contribution in [-0.4, -0.2) is 179 Å². The predicted molar refractivity (Wildman–Crippen MR) is 228 cm³/mol. The summed E-state index contributed by atoms with van der Waals surface area (Å²) in [4.78, 5) is 100.0. The van der Waals surface area contributed by atoms with E-state index < -0.39 is 71.3 Å². The van der Waals surface area contributed by atoms with Gasteiger partial charge in [0, 0.05) is 101 Å². The summed E-state index contributed by atoms with van der Waals surface area (Å²) in [5, 5.41) is 3.71. The molecule has 62 heavy (non-hydrogen) atoms. The van der Waals surface area contributed by atoms with Gasteiger partial charge in [-0.25, -0.2) is 28.8 Å². The van der Waals surface area contributed by atoms with Gasteiger partial charge < -0.3 is 53.8 Å². The fourth-order valence-corrected chi connectivity index (χ4v) is 8.13. The van der Waals surface area contributed by atoms with Crippen molar-refractivity contribution in [1.82, 2.24) is 38.7 Å². The molecule has 0 radical (unpaired) electrons. The lowest BCUT2D eigenvalue weighted by Gasteiger charge is -2.23. The van der Waals surface area contributed by atoms with Gasteiger partial charge in [0.2, 0.25) is 0 Å². The van der Waals surface area contributed by atoms with Crippen LogP contribution in [0.3, 0.4) is 0 Å². The number of hydrogen-bond acceptors (Lipinski definition) is 19. The first-order valence-electron chi connectivity index (χ1n) is 19.0. The van der Waals surface area contributed by atoms with Gasteiger partial charge in [-0.05, 0) is 18.5 Å². The predicted octanol–water partition coefficient (Wildman–Crippen LogP) is 1.89. The molecule has 25 nitrogen and oxygen atoms in total. The fraction of sp³-hybridized carbons (Fsp3) is 0.647. The molecule has 4 rings (SSSR count). The molecular weight excluding hydrogens is 881 g/mol. The third-order valence-corrected chi connectivity index (χ3v) is 12.6. The van der Waals surface area contributed by atoms with Crippen LogP contribution in [0, 0.1) is 6.92 Å². The highest BCUT2D eigenvalue weighted by atomic mass is 33.1. The maximum absolute atomic E-state index is 12.7. The minimum Gasteiger partial charge on any atom is -0.449 e. The van der Waals surface area contributed by atoms with Crippen molar-refractivity contribution in [3.8, 4) is 0 Å². The molecule has 2 aromatic rings. The van der Waals surface area contributed by atoms with Crippen LogP contribution in [-0.2, 0) is 28.4 Å². The number of nitrogens with two attached hydrogens (primary N) is 1. The Morgan fingerprint density at radius 2 is 1.44 bits per heavy atom. The van der Waals surface area contributed by atoms with Crippen molar-refractivity contribution in [1.29, 1.82) is 0 Å². The normalized spacial score (nSPS) is 19.2. The number of nitrogen functional groups attached to an aromatic ring is 1. The van der Waals surface area contributed by atoms with E-state index in [1.54, 1.807) is 7.05 Å². The van der Waals surface area contributed by atoms with E-state index in [1.807, 2.05) is 0 Å². The summed E-state index contributed by atoms with van der Waals surface area (Å²) in [6.07, 6.45) is -1.77. The highest BCUT2D eigenvalue weighted by molar-refractivity contribution is 8.76. The number of thioether (sulfide) groups is 1. The molecule has 2 saturated heterocycles. The van der Waals surface area contributed by atoms with Gasteiger partial charge in [-0.1, -0.05) is 26.7 Å². The number of aryl methyl sites for hydroxylation is 1. The van der Waals surface area contributed by atoms with Crippen molar-refractivity contribution in [2.45, 2.75) is 43.4 Å². The SMILES string of the molecule is Cc1cn(C2C[C@@H](N=[N+]=[N-])C(COC(=O)N(C)CCN(C)C(=O)OCCSSCCOC(=O)N(C)CCN(C)C(=O)OCC3OC(n4ccc(N)nc4=O)CS3)O2)c(=O)[nH]c1=O. The summed E-state index contributed by atoms with van der Waals surface area (Å²) < 4.78 is 35.4. The number of azide groups is 1. The highest BCUT2D eigenvalue weighted by Crippen LogP contribution is 2.32. The van der Waals surface area contributed by atoms with E-state index >= 15 is 0 Å². The monoisotopic (exact) mass is 930 g/mol. The molecule has 2 aromatic heterocycles. The Labute approximate surface area is 366 Å². The van der Waals surface area contributed by atoms with Crippen LogP contribution >= 0.6 is 33.3 Å². The lowest BCUT2D eigenvalue weighted by Crippen LogP contribution is -2.39. The van der Waals surface area contributed by atoms with Crippen molar-refractivity contribution >= 4 is 63.5 Å². The first kappa shape index (κ1) is 49.4. The van der Waals surface area contributed by atoms with E-state index in [9.17, 15) is 33.6 Å². The summed E-state index contributed by atoms with van der Waals surface area (Å²) in [6.45, 7) is 2.10. The average Bonchev–Trinajstić information content (AvgIpc) is 3.88. The minimum atomic E-state index is -0.853. The Morgan fingerprint density at radius 1 is 0.887 bits per heavy atom. The second kappa shape index (κ2) is 24.4. The first-order chi connectivity index (χ1) is 29.6. The molecular formula is C34H50N12O13S3. The van der Waals surface area contributed by atoms with E-state index in [0.717, 1.165) is 0 Å². The molecule has 0 spiro atoms. The van der Waals surface area contributed by atoms with Crippen LogP contribution in [0.1, 0.15) is 24.4 Å². The van der Waals surface area contributed by atoms with E-state index in [1.165, 1.54) is 109 Å². The number of carbonyl (C=O) groups excluding carboxylic acids is 4. The number of anilines is 1. The standard InChI is InChI=1S/C34H50N12O13S3/c1-21-17-46(30(49)38-28(21)47)25-16-22(39-40-36)23(58-25)18-56-33(52)43(4)10-8-41(2)31(50)54-12-14-61-62-15-13-55-32(51)42(3)9-11-44(5)34(53)57-19-27-59-26(20-60-27)45-7-6-24(35)37-29(45)48/h6-7,17,22-23,25-27H,8-16,18-20H2,1-5H3,(H2,35,37,48)(H,38,47,49)/t22-,23?,25?,26?,27?/m1/s1. The number of carbonyl (C=O) groups is 4. The lowest BCUT2D eigenvalue weighted by molar-refractivity contribution is -0.0343. The molecule has 4 unspecified atom stereocenters. The largest absolute Gasteiger partial charge is 0.449 e. The molecule has 28 heteroatoms. The number of aromatic nitrogens is 4. The van der Waals surface area contributed by atoms with Gasteiger partial charge in [0.25, 0.3) is 5.56 Å². The maximum atomic E-state index is 12.7. The minimum absolute atomic E-state index is 0.0347. The van der Waals surface area contributed by atoms with Gasteiger partial charge in [0.1, 0.15) is 56.2 Å². The number of rotatable bonds is 20. The molecule has 2 aliphatic rings. The van der Waals surface area contributed by atoms with Crippen molar-refractivity contribution < 1.29 is 47.6 Å². The zero-order valence-electron chi connectivity index (χ0n) is 34.7. The molecule has 0 aliphatic carbocycles.